The number of aromatic nitrogens is 4. The molecule has 156 valence electrons. The van der Waals surface area contributed by atoms with Crippen molar-refractivity contribution >= 4 is 33.7 Å². The van der Waals surface area contributed by atoms with Crippen LogP contribution in [0.2, 0.25) is 0 Å². The highest BCUT2D eigenvalue weighted by molar-refractivity contribution is 7.91. The molecule has 0 atom stereocenters. The van der Waals surface area contributed by atoms with Crippen molar-refractivity contribution in [1.29, 1.82) is 0 Å². The molecule has 0 aliphatic rings. The lowest BCUT2D eigenvalue weighted by atomic mass is 10.3. The number of sulfone groups is 1. The Hall–Kier alpha value is -3.17. The van der Waals surface area contributed by atoms with E-state index in [0.717, 1.165) is 0 Å². The van der Waals surface area contributed by atoms with Crippen molar-refractivity contribution in [3.63, 3.8) is 0 Å². The molecule has 0 saturated carbocycles. The number of anilines is 1. The van der Waals surface area contributed by atoms with Gasteiger partial charge in [-0.1, -0.05) is 18.2 Å². The highest BCUT2D eigenvalue weighted by atomic mass is 35.5. The van der Waals surface area contributed by atoms with Gasteiger partial charge in [0.2, 0.25) is 9.84 Å². The number of hydrogen-bond donors (Lipinski definition) is 1. The average Bonchev–Trinajstić information content (AvgIpc) is 3.12. The molecule has 0 spiro atoms. The summed E-state index contributed by atoms with van der Waals surface area (Å²) < 4.78 is 34.1. The predicted octanol–water partition coefficient (Wildman–Crippen LogP) is 3.83. The second-order valence-electron chi connectivity index (χ2n) is 6.38. The fourth-order valence-corrected chi connectivity index (χ4v) is 4.62. The van der Waals surface area contributed by atoms with E-state index in [-0.39, 0.29) is 33.7 Å². The molecule has 8 nitrogen and oxygen atoms in total. The van der Waals surface area contributed by atoms with Crippen LogP contribution in [0.4, 0.5) is 5.82 Å². The quantitative estimate of drug-likeness (QED) is 0.498. The Balaban J connectivity index is 0.00000256. The van der Waals surface area contributed by atoms with Crippen LogP contribution in [0.5, 0.6) is 11.5 Å². The van der Waals surface area contributed by atoms with Crippen molar-refractivity contribution in [2.75, 3.05) is 12.4 Å². The summed E-state index contributed by atoms with van der Waals surface area (Å²) in [6.07, 6.45) is 3.25. The van der Waals surface area contributed by atoms with Crippen LogP contribution in [0.1, 0.15) is 11.4 Å². The first-order valence-electron chi connectivity index (χ1n) is 8.89. The summed E-state index contributed by atoms with van der Waals surface area (Å²) in [5, 5.41) is 7.31. The minimum Gasteiger partial charge on any atom is -0.452 e. The molecule has 1 N–H and O–H groups in total. The summed E-state index contributed by atoms with van der Waals surface area (Å²) in [6, 6.07) is 11.8. The average molecular weight is 446 g/mol. The molecule has 10 heteroatoms. The lowest BCUT2D eigenvalue weighted by Crippen LogP contribution is -2.07. The summed E-state index contributed by atoms with van der Waals surface area (Å²) in [6.45, 7) is 3.57. The number of rotatable bonds is 5. The molecule has 0 saturated heterocycles. The second-order valence-corrected chi connectivity index (χ2v) is 8.27. The number of fused-ring (bicyclic) bond motifs is 1. The first-order chi connectivity index (χ1) is 13.9. The van der Waals surface area contributed by atoms with Crippen LogP contribution in [-0.2, 0) is 9.84 Å². The molecule has 4 aromatic rings. The topological polar surface area (TPSA) is 98.5 Å². The Labute approximate surface area is 180 Å². The van der Waals surface area contributed by atoms with E-state index in [2.05, 4.69) is 20.4 Å². The molecule has 4 rings (SSSR count). The van der Waals surface area contributed by atoms with Crippen LogP contribution in [0.15, 0.2) is 64.6 Å². The maximum absolute atomic E-state index is 13.3. The van der Waals surface area contributed by atoms with Crippen molar-refractivity contribution in [2.24, 2.45) is 0 Å². The van der Waals surface area contributed by atoms with E-state index in [1.54, 1.807) is 75.8 Å². The smallest absolute Gasteiger partial charge is 0.214 e. The molecule has 0 unspecified atom stereocenters. The molecule has 0 fully saturated rings. The highest BCUT2D eigenvalue weighted by Gasteiger charge is 2.30. The van der Waals surface area contributed by atoms with Gasteiger partial charge in [0.05, 0.1) is 22.5 Å². The van der Waals surface area contributed by atoms with Gasteiger partial charge in [0, 0.05) is 13.2 Å². The lowest BCUT2D eigenvalue weighted by Gasteiger charge is -2.12. The number of halogens is 1. The Morgan fingerprint density at radius 2 is 1.80 bits per heavy atom. The molecule has 0 radical (unpaired) electrons. The van der Waals surface area contributed by atoms with Crippen molar-refractivity contribution in [2.45, 2.75) is 23.6 Å². The summed E-state index contributed by atoms with van der Waals surface area (Å²) in [5.74, 6) is 1.28. The second kappa shape index (κ2) is 8.29. The number of aryl methyl sites for hydroxylation is 2. The minimum atomic E-state index is -3.83. The lowest BCUT2D eigenvalue weighted by molar-refractivity contribution is 0.463. The van der Waals surface area contributed by atoms with Crippen LogP contribution in [-0.4, -0.2) is 35.0 Å². The van der Waals surface area contributed by atoms with Crippen LogP contribution in [0.3, 0.4) is 0 Å². The number of hydrogen-bond acceptors (Lipinski definition) is 7. The van der Waals surface area contributed by atoms with Gasteiger partial charge >= 0.3 is 0 Å². The number of nitrogens with one attached hydrogen (secondary N) is 1. The maximum atomic E-state index is 13.3. The van der Waals surface area contributed by atoms with Crippen LogP contribution < -0.4 is 10.1 Å². The van der Waals surface area contributed by atoms with Crippen LogP contribution in [0, 0.1) is 13.8 Å². The Morgan fingerprint density at radius 3 is 2.43 bits per heavy atom. The van der Waals surface area contributed by atoms with Gasteiger partial charge in [-0.25, -0.2) is 17.9 Å². The normalized spacial score (nSPS) is 11.2. The largest absolute Gasteiger partial charge is 0.452 e. The zero-order chi connectivity index (χ0) is 20.6. The van der Waals surface area contributed by atoms with Crippen molar-refractivity contribution in [3.8, 4) is 11.5 Å². The molecule has 0 bridgehead atoms. The Bertz CT molecular complexity index is 1290. The standard InChI is InChI=1S/C20H19N5O3S.ClH/c1-13-17(28-15-8-7-11-22-12-15)14(2)25-20(23-13)18(19(21-3)24-25)29(26,27)16-9-5-4-6-10-16;/h4-12H,1-3H3,(H,21,24);1H. The van der Waals surface area contributed by atoms with Gasteiger partial charge in [0.25, 0.3) is 0 Å². The van der Waals surface area contributed by atoms with Crippen molar-refractivity contribution < 1.29 is 13.2 Å². The SMILES string of the molecule is CNc1nn2c(C)c(Oc3cccnc3)c(C)nc2c1S(=O)(=O)c1ccccc1.Cl. The van der Waals surface area contributed by atoms with E-state index >= 15 is 0 Å². The number of benzene rings is 1. The minimum absolute atomic E-state index is 0. The zero-order valence-electron chi connectivity index (χ0n) is 16.5. The van der Waals surface area contributed by atoms with E-state index in [1.165, 1.54) is 4.52 Å². The maximum Gasteiger partial charge on any atom is 0.214 e. The fourth-order valence-electron chi connectivity index (χ4n) is 3.10. The monoisotopic (exact) mass is 445 g/mol. The highest BCUT2D eigenvalue weighted by Crippen LogP contribution is 2.34. The summed E-state index contributed by atoms with van der Waals surface area (Å²) >= 11 is 0. The van der Waals surface area contributed by atoms with Gasteiger partial charge < -0.3 is 10.1 Å². The van der Waals surface area contributed by atoms with Crippen LogP contribution in [0.25, 0.3) is 5.65 Å². The third kappa shape index (κ3) is 3.57. The molecule has 1 aromatic carbocycles. The van der Waals surface area contributed by atoms with E-state index in [4.69, 9.17) is 4.74 Å². The number of nitrogens with zero attached hydrogens (tertiary/aromatic N) is 4. The number of ether oxygens (including phenoxy) is 1. The van der Waals surface area contributed by atoms with E-state index < -0.39 is 9.84 Å². The van der Waals surface area contributed by atoms with Gasteiger partial charge in [0.1, 0.15) is 5.75 Å². The molecular weight excluding hydrogens is 426 g/mol. The van der Waals surface area contributed by atoms with Gasteiger partial charge in [-0.05, 0) is 38.1 Å². The molecular formula is C20H20ClN5O3S. The summed E-state index contributed by atoms with van der Waals surface area (Å²) in [7, 11) is -2.20. The first kappa shape index (κ1) is 21.5. The van der Waals surface area contributed by atoms with E-state index in [1.807, 2.05) is 0 Å². The fraction of sp³-hybridized carbons (Fsp3) is 0.150. The third-order valence-corrected chi connectivity index (χ3v) is 6.29. The van der Waals surface area contributed by atoms with Crippen molar-refractivity contribution in [3.05, 3.63) is 66.2 Å². The molecule has 0 aliphatic carbocycles. The molecule has 3 heterocycles. The van der Waals surface area contributed by atoms with E-state index in [9.17, 15) is 8.42 Å². The van der Waals surface area contributed by atoms with Crippen molar-refractivity contribution in [1.82, 2.24) is 19.6 Å². The van der Waals surface area contributed by atoms with E-state index in [0.29, 0.717) is 22.9 Å². The molecule has 0 aliphatic heterocycles. The number of pyridine rings is 1. The molecule has 0 amide bonds. The summed E-state index contributed by atoms with van der Waals surface area (Å²) in [5.41, 5.74) is 1.42. The Morgan fingerprint density at radius 1 is 1.07 bits per heavy atom. The molecule has 30 heavy (non-hydrogen) atoms. The zero-order valence-corrected chi connectivity index (χ0v) is 18.2. The first-order valence-corrected chi connectivity index (χ1v) is 10.4. The van der Waals surface area contributed by atoms with Gasteiger partial charge in [-0.15, -0.1) is 17.5 Å². The summed E-state index contributed by atoms with van der Waals surface area (Å²) in [4.78, 5) is 8.78. The third-order valence-electron chi connectivity index (χ3n) is 4.48. The van der Waals surface area contributed by atoms with Crippen LogP contribution >= 0.6 is 12.4 Å². The van der Waals surface area contributed by atoms with Gasteiger partial charge in [0.15, 0.2) is 22.1 Å². The van der Waals surface area contributed by atoms with Gasteiger partial charge in [-0.3, -0.25) is 4.98 Å². The predicted molar refractivity (Wildman–Crippen MR) is 115 cm³/mol. The molecule has 3 aromatic heterocycles. The van der Waals surface area contributed by atoms with Gasteiger partial charge in [-0.2, -0.15) is 0 Å². The Kier molecular flexibility index (Phi) is 5.95.